The Morgan fingerprint density at radius 2 is 1.79 bits per heavy atom. The minimum atomic E-state index is 0.839. The SMILES string of the molecule is CCCC/N=C/c1cccc(Oc2ccccc2)c1. The minimum Gasteiger partial charge on any atom is -0.457 e. The summed E-state index contributed by atoms with van der Waals surface area (Å²) in [6, 6.07) is 17.8. The maximum Gasteiger partial charge on any atom is 0.128 e. The van der Waals surface area contributed by atoms with Crippen LogP contribution in [0.2, 0.25) is 0 Å². The van der Waals surface area contributed by atoms with Gasteiger partial charge in [-0.1, -0.05) is 43.7 Å². The number of unbranched alkanes of at least 4 members (excludes halogenated alkanes) is 1. The molecule has 0 aromatic heterocycles. The summed E-state index contributed by atoms with van der Waals surface area (Å²) in [5.41, 5.74) is 1.07. The summed E-state index contributed by atoms with van der Waals surface area (Å²) >= 11 is 0. The summed E-state index contributed by atoms with van der Waals surface area (Å²) in [6.45, 7) is 3.06. The number of ether oxygens (including phenoxy) is 1. The molecular formula is C17H19NO. The second kappa shape index (κ2) is 7.37. The third kappa shape index (κ3) is 4.59. The van der Waals surface area contributed by atoms with Crippen LogP contribution in [0.1, 0.15) is 25.3 Å². The predicted octanol–water partition coefficient (Wildman–Crippen LogP) is 4.70. The highest BCUT2D eigenvalue weighted by Gasteiger charge is 1.97. The van der Waals surface area contributed by atoms with E-state index in [0.29, 0.717) is 0 Å². The molecule has 19 heavy (non-hydrogen) atoms. The zero-order valence-corrected chi connectivity index (χ0v) is 11.3. The first kappa shape index (κ1) is 13.3. The number of hydrogen-bond donors (Lipinski definition) is 0. The van der Waals surface area contributed by atoms with Crippen LogP contribution in [-0.4, -0.2) is 12.8 Å². The van der Waals surface area contributed by atoms with Gasteiger partial charge in [-0.15, -0.1) is 0 Å². The molecule has 2 aromatic carbocycles. The lowest BCUT2D eigenvalue weighted by molar-refractivity contribution is 0.482. The van der Waals surface area contributed by atoms with Crippen molar-refractivity contribution in [1.82, 2.24) is 0 Å². The molecule has 0 aliphatic carbocycles. The third-order valence-corrected chi connectivity index (χ3v) is 2.72. The van der Waals surface area contributed by atoms with Crippen molar-refractivity contribution in [3.8, 4) is 11.5 Å². The second-order valence-electron chi connectivity index (χ2n) is 4.38. The first-order valence-corrected chi connectivity index (χ1v) is 6.71. The molecule has 0 spiro atoms. The molecule has 2 rings (SSSR count). The molecule has 0 saturated carbocycles. The van der Waals surface area contributed by atoms with E-state index >= 15 is 0 Å². The topological polar surface area (TPSA) is 21.6 Å². The Morgan fingerprint density at radius 1 is 1.00 bits per heavy atom. The number of aliphatic imine (C=N–C) groups is 1. The monoisotopic (exact) mass is 253 g/mol. The molecule has 0 heterocycles. The lowest BCUT2D eigenvalue weighted by atomic mass is 10.2. The molecule has 0 amide bonds. The Morgan fingerprint density at radius 3 is 2.58 bits per heavy atom. The Bertz CT molecular complexity index is 520. The molecule has 0 saturated heterocycles. The molecule has 2 heteroatoms. The minimum absolute atomic E-state index is 0.839. The highest BCUT2D eigenvalue weighted by molar-refractivity contribution is 5.80. The zero-order valence-electron chi connectivity index (χ0n) is 11.3. The molecule has 0 unspecified atom stereocenters. The van der Waals surface area contributed by atoms with Crippen LogP contribution >= 0.6 is 0 Å². The second-order valence-corrected chi connectivity index (χ2v) is 4.38. The van der Waals surface area contributed by atoms with Crippen LogP contribution in [-0.2, 0) is 0 Å². The van der Waals surface area contributed by atoms with Crippen LogP contribution in [0, 0.1) is 0 Å². The van der Waals surface area contributed by atoms with Gasteiger partial charge in [0.15, 0.2) is 0 Å². The van der Waals surface area contributed by atoms with Crippen molar-refractivity contribution in [3.05, 3.63) is 60.2 Å². The van der Waals surface area contributed by atoms with E-state index in [2.05, 4.69) is 11.9 Å². The highest BCUT2D eigenvalue weighted by atomic mass is 16.5. The molecule has 0 aliphatic heterocycles. The van der Waals surface area contributed by atoms with Crippen LogP contribution in [0.15, 0.2) is 59.6 Å². The fourth-order valence-corrected chi connectivity index (χ4v) is 1.70. The lowest BCUT2D eigenvalue weighted by Gasteiger charge is -2.05. The maximum atomic E-state index is 5.78. The predicted molar refractivity (Wildman–Crippen MR) is 80.3 cm³/mol. The van der Waals surface area contributed by atoms with Gasteiger partial charge in [-0.25, -0.2) is 0 Å². The molecule has 2 nitrogen and oxygen atoms in total. The smallest absolute Gasteiger partial charge is 0.128 e. The number of benzene rings is 2. The number of nitrogens with zero attached hydrogens (tertiary/aromatic N) is 1. The van der Waals surface area contributed by atoms with Gasteiger partial charge in [0.2, 0.25) is 0 Å². The van der Waals surface area contributed by atoms with Crippen molar-refractivity contribution in [1.29, 1.82) is 0 Å². The van der Waals surface area contributed by atoms with Crippen molar-refractivity contribution in [2.24, 2.45) is 4.99 Å². The van der Waals surface area contributed by atoms with Crippen molar-refractivity contribution >= 4 is 6.21 Å². The average Bonchev–Trinajstić information content (AvgIpc) is 2.45. The highest BCUT2D eigenvalue weighted by Crippen LogP contribution is 2.21. The van der Waals surface area contributed by atoms with E-state index in [-0.39, 0.29) is 0 Å². The lowest BCUT2D eigenvalue weighted by Crippen LogP contribution is -1.87. The van der Waals surface area contributed by atoms with E-state index in [9.17, 15) is 0 Å². The number of rotatable bonds is 6. The summed E-state index contributed by atoms with van der Waals surface area (Å²) in [6.07, 6.45) is 4.22. The normalized spacial score (nSPS) is 10.8. The van der Waals surface area contributed by atoms with E-state index in [1.54, 1.807) is 0 Å². The van der Waals surface area contributed by atoms with E-state index < -0.39 is 0 Å². The first-order valence-electron chi connectivity index (χ1n) is 6.71. The van der Waals surface area contributed by atoms with E-state index in [0.717, 1.165) is 30.0 Å². The molecule has 0 bridgehead atoms. The van der Waals surface area contributed by atoms with Crippen molar-refractivity contribution in [2.75, 3.05) is 6.54 Å². The fourth-order valence-electron chi connectivity index (χ4n) is 1.70. The summed E-state index contributed by atoms with van der Waals surface area (Å²) in [4.78, 5) is 4.40. The van der Waals surface area contributed by atoms with Crippen LogP contribution in [0.4, 0.5) is 0 Å². The van der Waals surface area contributed by atoms with E-state index in [4.69, 9.17) is 4.74 Å². The van der Waals surface area contributed by atoms with Gasteiger partial charge >= 0.3 is 0 Å². The maximum absolute atomic E-state index is 5.78. The first-order chi connectivity index (χ1) is 9.38. The van der Waals surface area contributed by atoms with E-state index in [1.165, 1.54) is 6.42 Å². The quantitative estimate of drug-likeness (QED) is 0.540. The molecule has 2 aromatic rings. The van der Waals surface area contributed by atoms with Crippen LogP contribution in [0.3, 0.4) is 0 Å². The molecule has 0 atom stereocenters. The molecule has 98 valence electrons. The average molecular weight is 253 g/mol. The fraction of sp³-hybridized carbons (Fsp3) is 0.235. The summed E-state index contributed by atoms with van der Waals surface area (Å²) < 4.78 is 5.78. The van der Waals surface area contributed by atoms with E-state index in [1.807, 2.05) is 60.8 Å². The Labute approximate surface area is 114 Å². The van der Waals surface area contributed by atoms with Gasteiger partial charge in [0.1, 0.15) is 11.5 Å². The number of para-hydroxylation sites is 1. The van der Waals surface area contributed by atoms with Gasteiger partial charge in [0.25, 0.3) is 0 Å². The summed E-state index contributed by atoms with van der Waals surface area (Å²) in [7, 11) is 0. The Hall–Kier alpha value is -2.09. The van der Waals surface area contributed by atoms with Gasteiger partial charge in [-0.3, -0.25) is 4.99 Å². The standard InChI is InChI=1S/C17H19NO/c1-2-3-12-18-14-15-8-7-11-17(13-15)19-16-9-5-4-6-10-16/h4-11,13-14H,2-3,12H2,1H3/b18-14+. The van der Waals surface area contributed by atoms with Gasteiger partial charge < -0.3 is 4.74 Å². The molecule has 0 radical (unpaired) electrons. The van der Waals surface area contributed by atoms with Crippen molar-refractivity contribution < 1.29 is 4.74 Å². The van der Waals surface area contributed by atoms with Gasteiger partial charge in [-0.05, 0) is 36.2 Å². The Kier molecular flexibility index (Phi) is 5.17. The molecule has 0 N–H and O–H groups in total. The molecule has 0 fully saturated rings. The molecular weight excluding hydrogens is 234 g/mol. The van der Waals surface area contributed by atoms with Crippen LogP contribution in [0.5, 0.6) is 11.5 Å². The van der Waals surface area contributed by atoms with Gasteiger partial charge in [0, 0.05) is 12.8 Å². The Balaban J connectivity index is 2.01. The van der Waals surface area contributed by atoms with Crippen molar-refractivity contribution in [3.63, 3.8) is 0 Å². The van der Waals surface area contributed by atoms with Crippen LogP contribution < -0.4 is 4.74 Å². The van der Waals surface area contributed by atoms with Crippen LogP contribution in [0.25, 0.3) is 0 Å². The van der Waals surface area contributed by atoms with Gasteiger partial charge in [-0.2, -0.15) is 0 Å². The van der Waals surface area contributed by atoms with Gasteiger partial charge in [0.05, 0.1) is 0 Å². The van der Waals surface area contributed by atoms with Crippen molar-refractivity contribution in [2.45, 2.75) is 19.8 Å². The third-order valence-electron chi connectivity index (χ3n) is 2.72. The summed E-state index contributed by atoms with van der Waals surface area (Å²) in [5, 5.41) is 0. The largest absolute Gasteiger partial charge is 0.457 e. The summed E-state index contributed by atoms with van der Waals surface area (Å²) in [5.74, 6) is 1.69. The number of hydrogen-bond acceptors (Lipinski definition) is 2. The zero-order chi connectivity index (χ0) is 13.3. The molecule has 0 aliphatic rings.